The molecule has 0 amide bonds. The fourth-order valence-electron chi connectivity index (χ4n) is 1.13. The van der Waals surface area contributed by atoms with E-state index in [0.29, 0.717) is 27.9 Å². The molecule has 6 heteroatoms. The number of hydrogen-bond acceptors (Lipinski definition) is 5. The zero-order valence-electron chi connectivity index (χ0n) is 8.08. The number of rotatable bonds is 1. The van der Waals surface area contributed by atoms with E-state index in [9.17, 15) is 0 Å². The van der Waals surface area contributed by atoms with Crippen LogP contribution in [0.2, 0.25) is 5.15 Å². The van der Waals surface area contributed by atoms with E-state index in [1.165, 1.54) is 0 Å². The molecule has 2 aromatic heterocycles. The molecule has 0 aliphatic carbocycles. The third-order valence-corrected chi connectivity index (χ3v) is 2.12. The van der Waals surface area contributed by atoms with Gasteiger partial charge in [-0.3, -0.25) is 0 Å². The van der Waals surface area contributed by atoms with Crippen molar-refractivity contribution in [2.24, 2.45) is 0 Å². The largest absolute Gasteiger partial charge is 0.347 e. The lowest BCUT2D eigenvalue weighted by Crippen LogP contribution is -2.12. The van der Waals surface area contributed by atoms with Crippen molar-refractivity contribution in [3.63, 3.8) is 0 Å². The Balaban J connectivity index is 2.74. The first kappa shape index (κ1) is 9.21. The minimum absolute atomic E-state index is 0.373. The summed E-state index contributed by atoms with van der Waals surface area (Å²) in [6.07, 6.45) is 0. The second-order valence-corrected chi connectivity index (χ2v) is 3.51. The Labute approximate surface area is 85.7 Å². The average molecular weight is 213 g/mol. The van der Waals surface area contributed by atoms with Gasteiger partial charge in [-0.05, 0) is 6.92 Å². The predicted molar refractivity (Wildman–Crippen MR) is 53.7 cm³/mol. The molecule has 5 nitrogen and oxygen atoms in total. The van der Waals surface area contributed by atoms with Crippen molar-refractivity contribution < 1.29 is 4.52 Å². The number of halogens is 1. The van der Waals surface area contributed by atoms with Crippen LogP contribution >= 0.6 is 11.6 Å². The molecule has 0 N–H and O–H groups in total. The first-order valence-electron chi connectivity index (χ1n) is 4.06. The molecule has 0 saturated heterocycles. The normalized spacial score (nSPS) is 10.9. The van der Waals surface area contributed by atoms with Crippen LogP contribution in [0.25, 0.3) is 11.1 Å². The van der Waals surface area contributed by atoms with Gasteiger partial charge >= 0.3 is 0 Å². The number of aryl methyl sites for hydroxylation is 1. The van der Waals surface area contributed by atoms with Crippen molar-refractivity contribution in [3.05, 3.63) is 10.8 Å². The number of aromatic nitrogens is 3. The van der Waals surface area contributed by atoms with Gasteiger partial charge in [-0.2, -0.15) is 4.98 Å². The summed E-state index contributed by atoms with van der Waals surface area (Å²) in [7, 11) is 3.67. The Hall–Kier alpha value is -1.36. The molecular weight excluding hydrogens is 204 g/mol. The van der Waals surface area contributed by atoms with E-state index in [0.717, 1.165) is 0 Å². The highest BCUT2D eigenvalue weighted by Crippen LogP contribution is 2.25. The molecule has 0 saturated carbocycles. The summed E-state index contributed by atoms with van der Waals surface area (Å²) in [5.41, 5.74) is 1.13. The third-order valence-electron chi connectivity index (χ3n) is 1.85. The maximum absolute atomic E-state index is 5.98. The van der Waals surface area contributed by atoms with Crippen LogP contribution in [0.1, 0.15) is 5.69 Å². The van der Waals surface area contributed by atoms with Crippen LogP contribution in [0.5, 0.6) is 0 Å². The molecule has 2 aromatic rings. The van der Waals surface area contributed by atoms with Crippen LogP contribution in [-0.2, 0) is 0 Å². The predicted octanol–water partition coefficient (Wildman–Crippen LogP) is 1.65. The monoisotopic (exact) mass is 212 g/mol. The van der Waals surface area contributed by atoms with Gasteiger partial charge in [0.2, 0.25) is 5.95 Å². The Morgan fingerprint density at radius 2 is 2.00 bits per heavy atom. The molecule has 14 heavy (non-hydrogen) atoms. The Kier molecular flexibility index (Phi) is 2.03. The fraction of sp³-hybridized carbons (Fsp3) is 0.375. The van der Waals surface area contributed by atoms with E-state index in [1.54, 1.807) is 11.8 Å². The van der Waals surface area contributed by atoms with Crippen LogP contribution < -0.4 is 4.90 Å². The molecule has 2 rings (SSSR count). The number of nitrogens with zero attached hydrogens (tertiary/aromatic N) is 4. The van der Waals surface area contributed by atoms with Gasteiger partial charge in [0, 0.05) is 14.1 Å². The molecule has 2 heterocycles. The lowest BCUT2D eigenvalue weighted by molar-refractivity contribution is 0.442. The van der Waals surface area contributed by atoms with Crippen molar-refractivity contribution >= 4 is 28.6 Å². The minimum atomic E-state index is 0.373. The van der Waals surface area contributed by atoms with Gasteiger partial charge in [-0.15, -0.1) is 0 Å². The van der Waals surface area contributed by atoms with Gasteiger partial charge in [-0.25, -0.2) is 4.98 Å². The van der Waals surface area contributed by atoms with Gasteiger partial charge in [0.25, 0.3) is 5.71 Å². The lowest BCUT2D eigenvalue weighted by atomic mass is 10.3. The number of fused-ring (bicyclic) bond motifs is 1. The first-order valence-corrected chi connectivity index (χ1v) is 4.44. The van der Waals surface area contributed by atoms with E-state index in [-0.39, 0.29) is 0 Å². The standard InChI is InChI=1S/C8H9ClN4O/c1-4-5-6(9)10-8(13(2)3)11-7(5)14-12-4/h1-3H3. The Bertz CT molecular complexity index is 479. The highest BCUT2D eigenvalue weighted by atomic mass is 35.5. The van der Waals surface area contributed by atoms with Crippen molar-refractivity contribution in [2.75, 3.05) is 19.0 Å². The zero-order valence-corrected chi connectivity index (χ0v) is 8.83. The van der Waals surface area contributed by atoms with Gasteiger partial charge in [0.15, 0.2) is 0 Å². The molecule has 74 valence electrons. The molecule has 0 atom stereocenters. The molecule has 0 unspecified atom stereocenters. The van der Waals surface area contributed by atoms with E-state index >= 15 is 0 Å². The van der Waals surface area contributed by atoms with E-state index in [1.807, 2.05) is 14.1 Å². The number of anilines is 1. The first-order chi connectivity index (χ1) is 6.59. The number of hydrogen-bond donors (Lipinski definition) is 0. The average Bonchev–Trinajstić information content (AvgIpc) is 2.48. The van der Waals surface area contributed by atoms with E-state index < -0.39 is 0 Å². The van der Waals surface area contributed by atoms with Crippen molar-refractivity contribution in [3.8, 4) is 0 Å². The Morgan fingerprint density at radius 1 is 1.29 bits per heavy atom. The van der Waals surface area contributed by atoms with Crippen LogP contribution in [0.3, 0.4) is 0 Å². The van der Waals surface area contributed by atoms with Crippen molar-refractivity contribution in [2.45, 2.75) is 6.92 Å². The third kappa shape index (κ3) is 1.29. The summed E-state index contributed by atoms with van der Waals surface area (Å²) < 4.78 is 5.01. The topological polar surface area (TPSA) is 55.1 Å². The van der Waals surface area contributed by atoms with E-state index in [4.69, 9.17) is 16.1 Å². The van der Waals surface area contributed by atoms with Crippen LogP contribution in [0.15, 0.2) is 4.52 Å². The van der Waals surface area contributed by atoms with Crippen molar-refractivity contribution in [1.82, 2.24) is 15.1 Å². The highest BCUT2D eigenvalue weighted by molar-refractivity contribution is 6.34. The summed E-state index contributed by atoms with van der Waals surface area (Å²) in [5.74, 6) is 0.513. The summed E-state index contributed by atoms with van der Waals surface area (Å²) in [4.78, 5) is 10.0. The molecule has 0 aliphatic heterocycles. The van der Waals surface area contributed by atoms with E-state index in [2.05, 4.69) is 15.1 Å². The minimum Gasteiger partial charge on any atom is -0.347 e. The molecule has 0 fully saturated rings. The summed E-state index contributed by atoms with van der Waals surface area (Å²) >= 11 is 5.98. The summed E-state index contributed by atoms with van der Waals surface area (Å²) in [6.45, 7) is 1.80. The van der Waals surface area contributed by atoms with Crippen LogP contribution in [0, 0.1) is 6.92 Å². The van der Waals surface area contributed by atoms with Gasteiger partial charge in [0.05, 0.1) is 5.69 Å². The van der Waals surface area contributed by atoms with Gasteiger partial charge in [-0.1, -0.05) is 16.8 Å². The zero-order chi connectivity index (χ0) is 10.3. The molecule has 0 bridgehead atoms. The summed E-state index contributed by atoms with van der Waals surface area (Å²) in [5, 5.41) is 4.83. The second-order valence-electron chi connectivity index (χ2n) is 3.16. The maximum atomic E-state index is 5.98. The molecule has 0 aliphatic rings. The molecule has 0 radical (unpaired) electrons. The van der Waals surface area contributed by atoms with Crippen LogP contribution in [-0.4, -0.2) is 29.2 Å². The second kappa shape index (κ2) is 3.09. The Morgan fingerprint density at radius 3 is 2.64 bits per heavy atom. The lowest BCUT2D eigenvalue weighted by Gasteiger charge is -2.08. The smallest absolute Gasteiger partial charge is 0.264 e. The van der Waals surface area contributed by atoms with Crippen molar-refractivity contribution in [1.29, 1.82) is 0 Å². The van der Waals surface area contributed by atoms with Crippen LogP contribution in [0.4, 0.5) is 5.95 Å². The maximum Gasteiger partial charge on any atom is 0.264 e. The molecule has 0 spiro atoms. The van der Waals surface area contributed by atoms with Gasteiger partial charge < -0.3 is 9.42 Å². The molecular formula is C8H9ClN4O. The fourth-order valence-corrected chi connectivity index (χ4v) is 1.42. The summed E-state index contributed by atoms with van der Waals surface area (Å²) in [6, 6.07) is 0. The quantitative estimate of drug-likeness (QED) is 0.673. The SMILES string of the molecule is Cc1noc2nc(N(C)C)nc(Cl)c12. The highest BCUT2D eigenvalue weighted by Gasteiger charge is 2.13. The molecule has 0 aromatic carbocycles. The van der Waals surface area contributed by atoms with Gasteiger partial charge in [0.1, 0.15) is 10.5 Å².